The number of anilines is 1. The summed E-state index contributed by atoms with van der Waals surface area (Å²) in [6.45, 7) is 6.44. The summed E-state index contributed by atoms with van der Waals surface area (Å²) in [4.78, 5) is 39.3. The first-order valence-electron chi connectivity index (χ1n) is 10.5. The molecule has 1 saturated heterocycles. The van der Waals surface area contributed by atoms with Crippen molar-refractivity contribution in [2.75, 3.05) is 18.8 Å². The molecule has 168 valence electrons. The predicted molar refractivity (Wildman–Crippen MR) is 117 cm³/mol. The topological polar surface area (TPSA) is 127 Å². The van der Waals surface area contributed by atoms with Gasteiger partial charge in [0.2, 0.25) is 5.91 Å². The van der Waals surface area contributed by atoms with E-state index < -0.39 is 11.9 Å². The van der Waals surface area contributed by atoms with Crippen molar-refractivity contribution in [3.63, 3.8) is 0 Å². The van der Waals surface area contributed by atoms with Crippen LogP contribution in [0.2, 0.25) is 5.15 Å². The second-order valence-electron chi connectivity index (χ2n) is 8.03. The van der Waals surface area contributed by atoms with Crippen molar-refractivity contribution in [2.45, 2.75) is 58.9 Å². The van der Waals surface area contributed by atoms with E-state index in [0.717, 1.165) is 31.2 Å². The molecule has 9 nitrogen and oxygen atoms in total. The molecule has 10 heteroatoms. The second-order valence-corrected chi connectivity index (χ2v) is 8.39. The Labute approximate surface area is 186 Å². The number of aromatic nitrogens is 3. The number of nitrogens with two attached hydrogens (primary N) is 1. The summed E-state index contributed by atoms with van der Waals surface area (Å²) >= 11 is 6.24. The first-order chi connectivity index (χ1) is 14.7. The van der Waals surface area contributed by atoms with Crippen molar-refractivity contribution < 1.29 is 14.0 Å². The highest BCUT2D eigenvalue weighted by atomic mass is 35.5. The molecule has 0 radical (unpaired) electrons. The van der Waals surface area contributed by atoms with Crippen LogP contribution in [0.3, 0.4) is 0 Å². The third kappa shape index (κ3) is 5.94. The van der Waals surface area contributed by atoms with Crippen molar-refractivity contribution in [3.8, 4) is 0 Å². The van der Waals surface area contributed by atoms with Crippen LogP contribution < -0.4 is 11.1 Å². The fourth-order valence-electron chi connectivity index (χ4n) is 3.91. The maximum absolute atomic E-state index is 12.8. The Morgan fingerprint density at radius 3 is 2.74 bits per heavy atom. The lowest BCUT2D eigenvalue weighted by Crippen LogP contribution is -2.47. The van der Waals surface area contributed by atoms with Crippen LogP contribution in [0.15, 0.2) is 10.7 Å². The molecule has 0 aromatic carbocycles. The predicted octanol–water partition coefficient (Wildman–Crippen LogP) is 2.70. The zero-order chi connectivity index (χ0) is 22.5. The summed E-state index contributed by atoms with van der Waals surface area (Å²) in [5, 5.41) is 3.13. The van der Waals surface area contributed by atoms with E-state index in [1.54, 1.807) is 20.8 Å². The highest BCUT2D eigenvalue weighted by Gasteiger charge is 2.26. The largest absolute Gasteiger partial charge is 0.448 e. The Balaban J connectivity index is 1.51. The Bertz CT molecular complexity index is 924. The smallest absolute Gasteiger partial charge is 0.273 e. The number of hydrogen-bond acceptors (Lipinski definition) is 7. The number of amides is 2. The fourth-order valence-corrected chi connectivity index (χ4v) is 4.22. The minimum Gasteiger partial charge on any atom is -0.448 e. The SMILES string of the molecule is Cc1nc(N)c(CC[C@H]2CCCN(C(=O)[C@H](C)NC(=O)c3coc(C)n3)CC2)c(Cl)n1. The van der Waals surface area contributed by atoms with Crippen molar-refractivity contribution in [2.24, 2.45) is 5.92 Å². The maximum atomic E-state index is 12.8. The number of nitrogens with one attached hydrogen (secondary N) is 1. The van der Waals surface area contributed by atoms with Crippen LogP contribution in [0.25, 0.3) is 0 Å². The molecule has 3 heterocycles. The molecule has 2 aromatic heterocycles. The van der Waals surface area contributed by atoms with Crippen LogP contribution in [0.4, 0.5) is 5.82 Å². The van der Waals surface area contributed by atoms with Gasteiger partial charge in [0.15, 0.2) is 11.6 Å². The van der Waals surface area contributed by atoms with Crippen LogP contribution in [0.1, 0.15) is 60.4 Å². The van der Waals surface area contributed by atoms with E-state index in [9.17, 15) is 9.59 Å². The number of carbonyl (C=O) groups is 2. The van der Waals surface area contributed by atoms with Gasteiger partial charge < -0.3 is 20.4 Å². The Kier molecular flexibility index (Phi) is 7.48. The maximum Gasteiger partial charge on any atom is 0.273 e. The third-order valence-electron chi connectivity index (χ3n) is 5.63. The molecular formula is C21H29ClN6O3. The Morgan fingerprint density at radius 1 is 1.29 bits per heavy atom. The molecule has 3 N–H and O–H groups in total. The van der Waals surface area contributed by atoms with Crippen LogP contribution in [-0.4, -0.2) is 50.8 Å². The molecule has 0 spiro atoms. The van der Waals surface area contributed by atoms with Gasteiger partial charge in [-0.1, -0.05) is 11.6 Å². The van der Waals surface area contributed by atoms with Crippen molar-refractivity contribution in [1.29, 1.82) is 0 Å². The van der Waals surface area contributed by atoms with Gasteiger partial charge in [0.25, 0.3) is 5.91 Å². The summed E-state index contributed by atoms with van der Waals surface area (Å²) in [6, 6.07) is -0.635. The average Bonchev–Trinajstić information content (AvgIpc) is 3.01. The molecular weight excluding hydrogens is 420 g/mol. The second kappa shape index (κ2) is 10.1. The normalized spacial score (nSPS) is 17.8. The van der Waals surface area contributed by atoms with E-state index in [1.165, 1.54) is 6.26 Å². The van der Waals surface area contributed by atoms with Gasteiger partial charge in [0.05, 0.1) is 0 Å². The highest BCUT2D eigenvalue weighted by molar-refractivity contribution is 6.30. The molecule has 0 aliphatic carbocycles. The molecule has 1 aliphatic heterocycles. The van der Waals surface area contributed by atoms with Gasteiger partial charge in [-0.15, -0.1) is 0 Å². The van der Waals surface area contributed by atoms with Crippen molar-refractivity contribution in [3.05, 3.63) is 34.4 Å². The molecule has 1 fully saturated rings. The number of likely N-dealkylation sites (tertiary alicyclic amines) is 1. The minimum absolute atomic E-state index is 0.0894. The first kappa shape index (κ1) is 23.0. The number of rotatable bonds is 6. The number of oxazole rings is 1. The lowest BCUT2D eigenvalue weighted by Gasteiger charge is -2.24. The van der Waals surface area contributed by atoms with E-state index in [4.69, 9.17) is 21.8 Å². The van der Waals surface area contributed by atoms with Gasteiger partial charge in [-0.25, -0.2) is 15.0 Å². The lowest BCUT2D eigenvalue weighted by molar-refractivity contribution is -0.132. The Hall–Kier alpha value is -2.68. The molecule has 0 unspecified atom stereocenters. The van der Waals surface area contributed by atoms with Gasteiger partial charge >= 0.3 is 0 Å². The van der Waals surface area contributed by atoms with Gasteiger partial charge in [-0.05, 0) is 51.9 Å². The van der Waals surface area contributed by atoms with Crippen LogP contribution in [0.5, 0.6) is 0 Å². The molecule has 0 saturated carbocycles. The molecule has 0 bridgehead atoms. The summed E-state index contributed by atoms with van der Waals surface area (Å²) in [5.41, 5.74) is 6.98. The summed E-state index contributed by atoms with van der Waals surface area (Å²) < 4.78 is 5.06. The summed E-state index contributed by atoms with van der Waals surface area (Å²) in [6.07, 6.45) is 5.74. The van der Waals surface area contributed by atoms with Crippen molar-refractivity contribution in [1.82, 2.24) is 25.2 Å². The average molecular weight is 449 g/mol. The number of nitrogens with zero attached hydrogens (tertiary/aromatic N) is 4. The van der Waals surface area contributed by atoms with Gasteiger partial charge in [0.1, 0.15) is 29.1 Å². The van der Waals surface area contributed by atoms with Crippen LogP contribution in [0, 0.1) is 19.8 Å². The lowest BCUT2D eigenvalue weighted by atomic mass is 9.93. The van der Waals surface area contributed by atoms with E-state index in [-0.39, 0.29) is 11.6 Å². The standard InChI is InChI=1S/C21H29ClN6O3/c1-12(24-20(29)17-11-31-14(3)27-17)21(30)28-9-4-5-15(8-10-28)6-7-16-18(22)25-13(2)26-19(16)23/h11-12,15H,4-10H2,1-3H3,(H,24,29)(H2,23,25,26)/t12-,15+/m0/s1. The van der Waals surface area contributed by atoms with Gasteiger partial charge in [-0.2, -0.15) is 0 Å². The number of carbonyl (C=O) groups excluding carboxylic acids is 2. The summed E-state index contributed by atoms with van der Waals surface area (Å²) in [7, 11) is 0. The molecule has 1 aliphatic rings. The first-order valence-corrected chi connectivity index (χ1v) is 10.9. The molecule has 2 amide bonds. The van der Waals surface area contributed by atoms with Crippen LogP contribution >= 0.6 is 11.6 Å². The molecule has 2 aromatic rings. The monoisotopic (exact) mass is 448 g/mol. The Morgan fingerprint density at radius 2 is 2.06 bits per heavy atom. The highest BCUT2D eigenvalue weighted by Crippen LogP contribution is 2.27. The zero-order valence-electron chi connectivity index (χ0n) is 18.2. The quantitative estimate of drug-likeness (QED) is 0.650. The number of halogens is 1. The summed E-state index contributed by atoms with van der Waals surface area (Å²) in [5.74, 6) is 1.36. The van der Waals surface area contributed by atoms with Gasteiger partial charge in [-0.3, -0.25) is 9.59 Å². The number of nitrogen functional groups attached to an aromatic ring is 1. The van der Waals surface area contributed by atoms with Crippen LogP contribution in [-0.2, 0) is 11.2 Å². The van der Waals surface area contributed by atoms with E-state index in [0.29, 0.717) is 48.1 Å². The number of hydrogen-bond donors (Lipinski definition) is 2. The van der Waals surface area contributed by atoms with E-state index in [1.807, 2.05) is 4.90 Å². The zero-order valence-corrected chi connectivity index (χ0v) is 18.9. The van der Waals surface area contributed by atoms with E-state index in [2.05, 4.69) is 20.3 Å². The number of aryl methyl sites for hydroxylation is 2. The molecule has 2 atom stereocenters. The van der Waals surface area contributed by atoms with Gasteiger partial charge in [0, 0.05) is 25.6 Å². The fraction of sp³-hybridized carbons (Fsp3) is 0.571. The molecule has 3 rings (SSSR count). The molecule has 31 heavy (non-hydrogen) atoms. The van der Waals surface area contributed by atoms with E-state index >= 15 is 0 Å². The minimum atomic E-state index is -0.635. The third-order valence-corrected chi connectivity index (χ3v) is 5.94. The van der Waals surface area contributed by atoms with Crippen molar-refractivity contribution >= 4 is 29.2 Å².